The number of aromatic amines is 1. The highest BCUT2D eigenvalue weighted by molar-refractivity contribution is 5.18. The van der Waals surface area contributed by atoms with Gasteiger partial charge in [-0.3, -0.25) is 5.10 Å². The first-order chi connectivity index (χ1) is 8.18. The predicted molar refractivity (Wildman–Crippen MR) is 63.4 cm³/mol. The summed E-state index contributed by atoms with van der Waals surface area (Å²) in [6.07, 6.45) is 2.73. The van der Waals surface area contributed by atoms with Gasteiger partial charge >= 0.3 is 0 Å². The summed E-state index contributed by atoms with van der Waals surface area (Å²) >= 11 is 0. The Bertz CT molecular complexity index is 450. The molecule has 17 heavy (non-hydrogen) atoms. The highest BCUT2D eigenvalue weighted by Crippen LogP contribution is 2.17. The number of furan rings is 1. The van der Waals surface area contributed by atoms with E-state index in [2.05, 4.69) is 15.5 Å². The lowest BCUT2D eigenvalue weighted by atomic mass is 10.1. The van der Waals surface area contributed by atoms with E-state index in [4.69, 9.17) is 4.42 Å². The Hall–Kier alpha value is -1.59. The van der Waals surface area contributed by atoms with Crippen molar-refractivity contribution in [3.8, 4) is 0 Å². The minimum absolute atomic E-state index is 0.137. The first kappa shape index (κ1) is 11.9. The maximum absolute atomic E-state index is 9.85. The maximum Gasteiger partial charge on any atom is 0.133 e. The minimum Gasteiger partial charge on any atom is -0.467 e. The van der Waals surface area contributed by atoms with Gasteiger partial charge in [0, 0.05) is 23.8 Å². The molecule has 0 aromatic carbocycles. The van der Waals surface area contributed by atoms with Crippen molar-refractivity contribution < 1.29 is 9.52 Å². The number of nitrogens with one attached hydrogen (secondary N) is 2. The van der Waals surface area contributed by atoms with E-state index in [0.29, 0.717) is 12.3 Å². The van der Waals surface area contributed by atoms with Crippen LogP contribution in [-0.4, -0.2) is 21.8 Å². The smallest absolute Gasteiger partial charge is 0.133 e. The van der Waals surface area contributed by atoms with Gasteiger partial charge in [-0.15, -0.1) is 0 Å². The SMILES string of the molecule is Cc1[nH]ncc1C(C)NCC(O)c1ccco1. The number of rotatable bonds is 5. The zero-order valence-corrected chi connectivity index (χ0v) is 9.97. The topological polar surface area (TPSA) is 74.1 Å². The predicted octanol–water partition coefficient (Wildman–Crippen LogP) is 1.70. The molecule has 0 spiro atoms. The van der Waals surface area contributed by atoms with Gasteiger partial charge in [0.15, 0.2) is 0 Å². The molecule has 0 saturated heterocycles. The second-order valence-electron chi connectivity index (χ2n) is 4.11. The van der Waals surface area contributed by atoms with E-state index >= 15 is 0 Å². The summed E-state index contributed by atoms with van der Waals surface area (Å²) in [5, 5.41) is 20.0. The molecule has 2 rings (SSSR count). The van der Waals surface area contributed by atoms with Crippen LogP contribution in [0.2, 0.25) is 0 Å². The highest BCUT2D eigenvalue weighted by Gasteiger charge is 2.14. The third kappa shape index (κ3) is 2.75. The Morgan fingerprint density at radius 2 is 2.41 bits per heavy atom. The molecule has 2 aromatic heterocycles. The van der Waals surface area contributed by atoms with Crippen LogP contribution in [0.5, 0.6) is 0 Å². The molecule has 0 radical (unpaired) electrons. The van der Waals surface area contributed by atoms with Crippen molar-refractivity contribution in [2.75, 3.05) is 6.54 Å². The zero-order valence-electron chi connectivity index (χ0n) is 9.97. The fourth-order valence-electron chi connectivity index (χ4n) is 1.78. The second kappa shape index (κ2) is 5.16. The second-order valence-corrected chi connectivity index (χ2v) is 4.11. The molecule has 0 amide bonds. The Balaban J connectivity index is 1.88. The van der Waals surface area contributed by atoms with E-state index < -0.39 is 6.10 Å². The van der Waals surface area contributed by atoms with Gasteiger partial charge in [0.25, 0.3) is 0 Å². The van der Waals surface area contributed by atoms with Crippen molar-refractivity contribution in [2.24, 2.45) is 0 Å². The van der Waals surface area contributed by atoms with E-state index in [1.807, 2.05) is 13.8 Å². The number of aliphatic hydroxyl groups is 1. The first-order valence-electron chi connectivity index (χ1n) is 5.63. The van der Waals surface area contributed by atoms with Crippen molar-refractivity contribution in [1.29, 1.82) is 0 Å². The van der Waals surface area contributed by atoms with Crippen LogP contribution in [0, 0.1) is 6.92 Å². The fourth-order valence-corrected chi connectivity index (χ4v) is 1.78. The average Bonchev–Trinajstić information content (AvgIpc) is 2.95. The third-order valence-corrected chi connectivity index (χ3v) is 2.82. The number of hydrogen-bond acceptors (Lipinski definition) is 4. The van der Waals surface area contributed by atoms with Crippen LogP contribution in [0.15, 0.2) is 29.0 Å². The lowest BCUT2D eigenvalue weighted by Crippen LogP contribution is -2.24. The summed E-state index contributed by atoms with van der Waals surface area (Å²) in [6.45, 7) is 4.45. The van der Waals surface area contributed by atoms with Crippen molar-refractivity contribution >= 4 is 0 Å². The monoisotopic (exact) mass is 235 g/mol. The lowest BCUT2D eigenvalue weighted by Gasteiger charge is -2.15. The van der Waals surface area contributed by atoms with Crippen molar-refractivity contribution in [3.05, 3.63) is 41.6 Å². The number of hydrogen-bond donors (Lipinski definition) is 3. The van der Waals surface area contributed by atoms with Crippen LogP contribution in [0.25, 0.3) is 0 Å². The number of aromatic nitrogens is 2. The van der Waals surface area contributed by atoms with Crippen LogP contribution in [0.4, 0.5) is 0 Å². The Morgan fingerprint density at radius 1 is 1.59 bits per heavy atom. The quantitative estimate of drug-likeness (QED) is 0.737. The molecule has 0 aliphatic heterocycles. The van der Waals surface area contributed by atoms with E-state index in [9.17, 15) is 5.11 Å². The summed E-state index contributed by atoms with van der Waals surface area (Å²) in [5.74, 6) is 0.577. The van der Waals surface area contributed by atoms with Gasteiger partial charge in [-0.05, 0) is 26.0 Å². The molecule has 0 fully saturated rings. The van der Waals surface area contributed by atoms with Gasteiger partial charge in [-0.1, -0.05) is 0 Å². The maximum atomic E-state index is 9.85. The Labute approximate surface area is 99.8 Å². The largest absolute Gasteiger partial charge is 0.467 e. The van der Waals surface area contributed by atoms with Gasteiger partial charge in [0.2, 0.25) is 0 Å². The van der Waals surface area contributed by atoms with E-state index in [-0.39, 0.29) is 6.04 Å². The van der Waals surface area contributed by atoms with Gasteiger partial charge in [-0.25, -0.2) is 0 Å². The standard InChI is InChI=1S/C12H17N3O2/c1-8(10-6-14-15-9(10)2)13-7-11(16)12-4-3-5-17-12/h3-6,8,11,13,16H,7H2,1-2H3,(H,14,15). The van der Waals surface area contributed by atoms with Gasteiger partial charge in [-0.2, -0.15) is 5.10 Å². The summed E-state index contributed by atoms with van der Waals surface area (Å²) in [4.78, 5) is 0. The van der Waals surface area contributed by atoms with Crippen LogP contribution in [0.3, 0.4) is 0 Å². The van der Waals surface area contributed by atoms with Gasteiger partial charge < -0.3 is 14.8 Å². The van der Waals surface area contributed by atoms with Crippen LogP contribution in [-0.2, 0) is 0 Å². The first-order valence-corrected chi connectivity index (χ1v) is 5.63. The third-order valence-electron chi connectivity index (χ3n) is 2.82. The lowest BCUT2D eigenvalue weighted by molar-refractivity contribution is 0.144. The van der Waals surface area contributed by atoms with E-state index in [1.54, 1.807) is 24.6 Å². The number of aryl methyl sites for hydroxylation is 1. The molecular formula is C12H17N3O2. The average molecular weight is 235 g/mol. The van der Waals surface area contributed by atoms with Crippen molar-refractivity contribution in [3.63, 3.8) is 0 Å². The normalized spacial score (nSPS) is 14.8. The van der Waals surface area contributed by atoms with Crippen LogP contribution >= 0.6 is 0 Å². The van der Waals surface area contributed by atoms with Crippen molar-refractivity contribution in [2.45, 2.75) is 26.0 Å². The molecule has 0 aliphatic rings. The molecule has 3 N–H and O–H groups in total. The molecule has 2 atom stereocenters. The number of nitrogens with zero attached hydrogens (tertiary/aromatic N) is 1. The fraction of sp³-hybridized carbons (Fsp3) is 0.417. The summed E-state index contributed by atoms with van der Waals surface area (Å²) in [5.41, 5.74) is 2.15. The van der Waals surface area contributed by atoms with Crippen LogP contribution in [0.1, 0.15) is 36.1 Å². The highest BCUT2D eigenvalue weighted by atomic mass is 16.4. The zero-order chi connectivity index (χ0) is 12.3. The molecule has 5 nitrogen and oxygen atoms in total. The molecular weight excluding hydrogens is 218 g/mol. The summed E-state index contributed by atoms with van der Waals surface area (Å²) in [6, 6.07) is 3.67. The van der Waals surface area contributed by atoms with Gasteiger partial charge in [0.05, 0.1) is 12.5 Å². The summed E-state index contributed by atoms with van der Waals surface area (Å²) in [7, 11) is 0. The minimum atomic E-state index is -0.625. The summed E-state index contributed by atoms with van der Waals surface area (Å²) < 4.78 is 5.13. The molecule has 0 aliphatic carbocycles. The number of H-pyrrole nitrogens is 1. The van der Waals surface area contributed by atoms with E-state index in [1.165, 1.54) is 0 Å². The molecule has 92 valence electrons. The Kier molecular flexibility index (Phi) is 3.61. The molecule has 5 heteroatoms. The molecule has 0 bridgehead atoms. The Morgan fingerprint density at radius 3 is 3.00 bits per heavy atom. The molecule has 0 saturated carbocycles. The molecule has 2 heterocycles. The van der Waals surface area contributed by atoms with Gasteiger partial charge in [0.1, 0.15) is 11.9 Å². The van der Waals surface area contributed by atoms with Crippen LogP contribution < -0.4 is 5.32 Å². The van der Waals surface area contributed by atoms with Crippen molar-refractivity contribution in [1.82, 2.24) is 15.5 Å². The molecule has 2 aromatic rings. The van der Waals surface area contributed by atoms with E-state index in [0.717, 1.165) is 11.3 Å². The number of aliphatic hydroxyl groups excluding tert-OH is 1. The molecule has 2 unspecified atom stereocenters.